The number of morpholine rings is 1. The van der Waals surface area contributed by atoms with Gasteiger partial charge in [0.25, 0.3) is 18.2 Å². The highest BCUT2D eigenvalue weighted by atomic mass is 19.3. The van der Waals surface area contributed by atoms with Crippen LogP contribution in [-0.2, 0) is 9.53 Å². The van der Waals surface area contributed by atoms with Crippen molar-refractivity contribution in [3.63, 3.8) is 0 Å². The van der Waals surface area contributed by atoms with Gasteiger partial charge >= 0.3 is 6.03 Å². The number of alkyl halides is 2. The number of methoxy groups -OCH3 is 1. The number of benzene rings is 1. The van der Waals surface area contributed by atoms with E-state index in [1.165, 1.54) is 22.7 Å². The number of likely N-dealkylation sites (tertiary alicyclic amines) is 2. The average Bonchev–Trinajstić information content (AvgIpc) is 4.03. The zero-order valence-corrected chi connectivity index (χ0v) is 36.1. The van der Waals surface area contributed by atoms with Gasteiger partial charge in [-0.3, -0.25) is 29.3 Å². The van der Waals surface area contributed by atoms with Crippen molar-refractivity contribution in [2.24, 2.45) is 11.3 Å². The van der Waals surface area contributed by atoms with Gasteiger partial charge < -0.3 is 29.5 Å². The zero-order valence-electron chi connectivity index (χ0n) is 36.1. The standard InChI is InChI=1S/C45H55F2N11O6/c1-63-36-5-2-29(22-35(36)56-18-11-38(59)51-44(56)62)43(61)54-20-14-45(15-21-54)12-6-28(7-13-45)24-53-16-8-30(9-17-53)58-27-34(39(52-58)40(46)47)49-42(60)33-23-48-57-19-10-37(50-41(33)57)55-25-31-3-4-32(26-55)64-31/h2,5,10,19,22-23,27-28,30-32,40H,3-4,6-9,11-18,20-21,24-26H2,1H3,(H,49,60)(H,51,59,62). The summed E-state index contributed by atoms with van der Waals surface area (Å²) >= 11 is 0. The van der Waals surface area contributed by atoms with Crippen LogP contribution >= 0.6 is 0 Å². The molecule has 0 radical (unpaired) electrons. The number of amides is 5. The topological polar surface area (TPSA) is 172 Å². The van der Waals surface area contributed by atoms with Gasteiger partial charge in [0.15, 0.2) is 11.3 Å². The number of anilines is 3. The molecule has 340 valence electrons. The smallest absolute Gasteiger partial charge is 0.328 e. The highest BCUT2D eigenvalue weighted by Crippen LogP contribution is 2.47. The molecule has 5 aliphatic heterocycles. The van der Waals surface area contributed by atoms with E-state index >= 15 is 0 Å². The van der Waals surface area contributed by atoms with E-state index in [4.69, 9.17) is 14.5 Å². The maximum Gasteiger partial charge on any atom is 0.328 e. The Morgan fingerprint density at radius 1 is 0.969 bits per heavy atom. The molecule has 1 spiro atoms. The monoisotopic (exact) mass is 883 g/mol. The van der Waals surface area contributed by atoms with Crippen LogP contribution in [0.1, 0.15) is 110 Å². The van der Waals surface area contributed by atoms with Crippen molar-refractivity contribution >= 4 is 46.6 Å². The number of carbonyl (C=O) groups excluding carboxylic acids is 4. The molecule has 2 N–H and O–H groups in total. The minimum Gasteiger partial charge on any atom is -0.495 e. The summed E-state index contributed by atoms with van der Waals surface area (Å²) in [4.78, 5) is 64.4. The number of ether oxygens (including phenoxy) is 2. The Balaban J connectivity index is 0.702. The third-order valence-electron chi connectivity index (χ3n) is 14.7. The normalized spacial score (nSPS) is 23.3. The number of hydrogen-bond donors (Lipinski definition) is 2. The number of carbonyl (C=O) groups is 4. The first-order valence-electron chi connectivity index (χ1n) is 22.8. The Bertz CT molecular complexity index is 2400. The second kappa shape index (κ2) is 17.4. The molecule has 10 rings (SSSR count). The van der Waals surface area contributed by atoms with E-state index in [9.17, 15) is 28.0 Å². The van der Waals surface area contributed by atoms with Gasteiger partial charge in [0.2, 0.25) is 5.91 Å². The molecule has 19 heteroatoms. The molecule has 1 aliphatic carbocycles. The van der Waals surface area contributed by atoms with Gasteiger partial charge in [0.1, 0.15) is 17.1 Å². The van der Waals surface area contributed by atoms with Gasteiger partial charge in [0.05, 0.1) is 42.9 Å². The second-order valence-electron chi connectivity index (χ2n) is 18.5. The summed E-state index contributed by atoms with van der Waals surface area (Å²) < 4.78 is 43.3. The van der Waals surface area contributed by atoms with E-state index < -0.39 is 24.1 Å². The van der Waals surface area contributed by atoms with E-state index in [0.717, 1.165) is 103 Å². The number of fused-ring (bicyclic) bond motifs is 3. The molecule has 2 atom stereocenters. The van der Waals surface area contributed by atoms with Gasteiger partial charge in [-0.15, -0.1) is 0 Å². The van der Waals surface area contributed by atoms with E-state index in [1.807, 2.05) is 11.0 Å². The Morgan fingerprint density at radius 3 is 2.42 bits per heavy atom. The molecule has 2 unspecified atom stereocenters. The van der Waals surface area contributed by atoms with Crippen molar-refractivity contribution in [1.29, 1.82) is 0 Å². The predicted molar refractivity (Wildman–Crippen MR) is 231 cm³/mol. The van der Waals surface area contributed by atoms with Crippen molar-refractivity contribution in [2.75, 3.05) is 74.6 Å². The number of nitrogens with zero attached hydrogens (tertiary/aromatic N) is 9. The van der Waals surface area contributed by atoms with Crippen molar-refractivity contribution in [3.8, 4) is 5.75 Å². The SMILES string of the molecule is COc1ccc(C(=O)N2CCC3(CCC(CN4CCC(n5cc(NC(=O)c6cnn7ccc(N8CC9CCC(C8)O9)nc67)c(C(F)F)n5)CC4)CC3)CC2)cc1N1CCC(=O)NC1=O. The fraction of sp³-hybridized carbons (Fsp3) is 0.578. The molecule has 8 heterocycles. The molecule has 2 bridgehead atoms. The minimum atomic E-state index is -2.86. The lowest BCUT2D eigenvalue weighted by molar-refractivity contribution is -0.120. The molecule has 17 nitrogen and oxygen atoms in total. The number of rotatable bonds is 10. The lowest BCUT2D eigenvalue weighted by Crippen LogP contribution is -2.49. The molecule has 1 saturated carbocycles. The number of nitrogens with one attached hydrogen (secondary N) is 2. The number of aromatic nitrogens is 5. The average molecular weight is 884 g/mol. The molecule has 4 aromatic rings. The second-order valence-corrected chi connectivity index (χ2v) is 18.5. The molecule has 5 saturated heterocycles. The molecule has 6 fully saturated rings. The summed E-state index contributed by atoms with van der Waals surface area (Å²) in [5, 5.41) is 13.6. The highest BCUT2D eigenvalue weighted by Gasteiger charge is 2.40. The van der Waals surface area contributed by atoms with Crippen LogP contribution in [-0.4, -0.2) is 130 Å². The van der Waals surface area contributed by atoms with Crippen molar-refractivity contribution in [2.45, 2.75) is 95.3 Å². The van der Waals surface area contributed by atoms with Crippen LogP contribution in [0.3, 0.4) is 0 Å². The summed E-state index contributed by atoms with van der Waals surface area (Å²) in [5.41, 5.74) is 1.27. The molecule has 3 aromatic heterocycles. The maximum atomic E-state index is 14.4. The molecule has 6 aliphatic rings. The van der Waals surface area contributed by atoms with Gasteiger partial charge in [-0.2, -0.15) is 10.2 Å². The van der Waals surface area contributed by atoms with Crippen LogP contribution in [0.25, 0.3) is 5.65 Å². The Kier molecular flexibility index (Phi) is 11.5. The largest absolute Gasteiger partial charge is 0.495 e. The summed E-state index contributed by atoms with van der Waals surface area (Å²) in [7, 11) is 1.51. The van der Waals surface area contributed by atoms with Crippen LogP contribution in [0.5, 0.6) is 5.75 Å². The van der Waals surface area contributed by atoms with Crippen LogP contribution in [0, 0.1) is 11.3 Å². The lowest BCUT2D eigenvalue weighted by Gasteiger charge is -2.47. The van der Waals surface area contributed by atoms with E-state index in [0.29, 0.717) is 41.7 Å². The van der Waals surface area contributed by atoms with Crippen LogP contribution < -0.4 is 25.2 Å². The zero-order chi connectivity index (χ0) is 44.1. The predicted octanol–water partition coefficient (Wildman–Crippen LogP) is 5.69. The Labute approximate surface area is 369 Å². The first kappa shape index (κ1) is 42.3. The maximum absolute atomic E-state index is 14.4. The molecule has 1 aromatic carbocycles. The van der Waals surface area contributed by atoms with E-state index in [-0.39, 0.29) is 59.7 Å². The van der Waals surface area contributed by atoms with Gasteiger partial charge in [-0.05, 0) is 99.8 Å². The minimum absolute atomic E-state index is 0.00753. The fourth-order valence-corrected chi connectivity index (χ4v) is 10.9. The van der Waals surface area contributed by atoms with Crippen molar-refractivity contribution in [3.05, 3.63) is 59.7 Å². The first-order chi connectivity index (χ1) is 31.0. The number of urea groups is 1. The third-order valence-corrected chi connectivity index (χ3v) is 14.7. The number of piperidine rings is 2. The summed E-state index contributed by atoms with van der Waals surface area (Å²) in [6.45, 7) is 5.70. The summed E-state index contributed by atoms with van der Waals surface area (Å²) in [6.07, 6.45) is 12.4. The summed E-state index contributed by atoms with van der Waals surface area (Å²) in [6, 6.07) is 6.40. The van der Waals surface area contributed by atoms with Crippen molar-refractivity contribution in [1.82, 2.24) is 39.5 Å². The first-order valence-corrected chi connectivity index (χ1v) is 22.8. The number of imide groups is 1. The molecule has 5 amide bonds. The number of halogens is 2. The van der Waals surface area contributed by atoms with Crippen LogP contribution in [0.2, 0.25) is 0 Å². The van der Waals surface area contributed by atoms with Crippen LogP contribution in [0.4, 0.5) is 30.8 Å². The fourth-order valence-electron chi connectivity index (χ4n) is 10.9. The molecule has 64 heavy (non-hydrogen) atoms. The molecular weight excluding hydrogens is 829 g/mol. The third kappa shape index (κ3) is 8.39. The Morgan fingerprint density at radius 2 is 1.72 bits per heavy atom. The summed E-state index contributed by atoms with van der Waals surface area (Å²) in [5.74, 6) is 0.795. The lowest BCUT2D eigenvalue weighted by atomic mass is 9.65. The van der Waals surface area contributed by atoms with Gasteiger partial charge in [-0.1, -0.05) is 0 Å². The van der Waals surface area contributed by atoms with E-state index in [1.54, 1.807) is 35.3 Å². The molecular formula is C45H55F2N11O6. The van der Waals surface area contributed by atoms with Crippen molar-refractivity contribution < 1.29 is 37.4 Å². The number of hydrogen-bond acceptors (Lipinski definition) is 11. The highest BCUT2D eigenvalue weighted by molar-refractivity contribution is 6.09. The van der Waals surface area contributed by atoms with E-state index in [2.05, 4.69) is 30.6 Å². The Hall–Kier alpha value is -5.69. The van der Waals surface area contributed by atoms with Gasteiger partial charge in [-0.25, -0.2) is 23.1 Å². The van der Waals surface area contributed by atoms with Gasteiger partial charge in [0, 0.05) is 76.7 Å². The quantitative estimate of drug-likeness (QED) is 0.201. The van der Waals surface area contributed by atoms with Crippen LogP contribution in [0.15, 0.2) is 42.9 Å².